The van der Waals surface area contributed by atoms with Crippen LogP contribution < -0.4 is 5.32 Å². The van der Waals surface area contributed by atoms with Gasteiger partial charge in [0.2, 0.25) is 0 Å². The van der Waals surface area contributed by atoms with E-state index in [9.17, 15) is 0 Å². The average molecular weight is 303 g/mol. The number of aryl methyl sites for hydroxylation is 1. The number of thioether (sulfide) groups is 1. The lowest BCUT2D eigenvalue weighted by molar-refractivity contribution is 0.886. The van der Waals surface area contributed by atoms with E-state index >= 15 is 0 Å². The van der Waals surface area contributed by atoms with Crippen molar-refractivity contribution in [2.45, 2.75) is 49.3 Å². The van der Waals surface area contributed by atoms with Crippen LogP contribution in [0.15, 0.2) is 40.6 Å². The van der Waals surface area contributed by atoms with Gasteiger partial charge in [0.15, 0.2) is 0 Å². The molecule has 2 aromatic rings. The Hall–Kier alpha value is -0.930. The fourth-order valence-corrected chi connectivity index (χ4v) is 4.71. The van der Waals surface area contributed by atoms with E-state index in [-0.39, 0.29) is 0 Å². The van der Waals surface area contributed by atoms with E-state index in [1.165, 1.54) is 46.7 Å². The maximum atomic E-state index is 3.51. The highest BCUT2D eigenvalue weighted by Crippen LogP contribution is 2.35. The van der Waals surface area contributed by atoms with Crippen LogP contribution in [0.4, 0.5) is 5.69 Å². The summed E-state index contributed by atoms with van der Waals surface area (Å²) in [6.45, 7) is 3.10. The SMILES string of the molecule is Cc1ccsc1CNc1ccc(SC2CCCC2)cc1. The first kappa shape index (κ1) is 14.0. The van der Waals surface area contributed by atoms with Gasteiger partial charge < -0.3 is 5.32 Å². The zero-order valence-electron chi connectivity index (χ0n) is 11.9. The van der Waals surface area contributed by atoms with Gasteiger partial charge in [-0.1, -0.05) is 12.8 Å². The summed E-state index contributed by atoms with van der Waals surface area (Å²) >= 11 is 3.88. The van der Waals surface area contributed by atoms with Crippen LogP contribution in [-0.2, 0) is 6.54 Å². The highest BCUT2D eigenvalue weighted by Gasteiger charge is 2.15. The fraction of sp³-hybridized carbons (Fsp3) is 0.412. The highest BCUT2D eigenvalue weighted by atomic mass is 32.2. The first-order valence-electron chi connectivity index (χ1n) is 7.35. The molecule has 1 saturated carbocycles. The molecule has 0 saturated heterocycles. The Balaban J connectivity index is 1.54. The predicted octanol–water partition coefficient (Wildman–Crippen LogP) is 5.70. The Bertz CT molecular complexity index is 538. The Morgan fingerprint density at radius 3 is 2.55 bits per heavy atom. The lowest BCUT2D eigenvalue weighted by Gasteiger charge is -2.10. The van der Waals surface area contributed by atoms with Crippen molar-refractivity contribution >= 4 is 28.8 Å². The van der Waals surface area contributed by atoms with Crippen LogP contribution in [-0.4, -0.2) is 5.25 Å². The molecule has 20 heavy (non-hydrogen) atoms. The van der Waals surface area contributed by atoms with Crippen molar-refractivity contribution in [3.8, 4) is 0 Å². The van der Waals surface area contributed by atoms with Crippen molar-refractivity contribution in [3.63, 3.8) is 0 Å². The fourth-order valence-electron chi connectivity index (χ4n) is 2.62. The lowest BCUT2D eigenvalue weighted by atomic mass is 10.2. The van der Waals surface area contributed by atoms with Crippen LogP contribution in [0.25, 0.3) is 0 Å². The lowest BCUT2D eigenvalue weighted by Crippen LogP contribution is -1.98. The van der Waals surface area contributed by atoms with Gasteiger partial charge in [-0.2, -0.15) is 0 Å². The standard InChI is InChI=1S/C17H21NS2/c1-13-10-11-19-17(13)12-18-14-6-8-16(9-7-14)20-15-4-2-3-5-15/h6-11,15,18H,2-5,12H2,1H3. The molecule has 1 N–H and O–H groups in total. The van der Waals surface area contributed by atoms with Crippen LogP contribution in [0.3, 0.4) is 0 Å². The van der Waals surface area contributed by atoms with Gasteiger partial charge in [0.25, 0.3) is 0 Å². The molecule has 1 heterocycles. The molecule has 0 amide bonds. The molecule has 1 aromatic heterocycles. The van der Waals surface area contributed by atoms with Crippen molar-refractivity contribution in [2.75, 3.05) is 5.32 Å². The molecular weight excluding hydrogens is 282 g/mol. The molecule has 0 spiro atoms. The smallest absolute Gasteiger partial charge is 0.0496 e. The third-order valence-corrected chi connectivity index (χ3v) is 6.25. The minimum atomic E-state index is 0.850. The summed E-state index contributed by atoms with van der Waals surface area (Å²) in [5.41, 5.74) is 2.60. The van der Waals surface area contributed by atoms with Crippen LogP contribution in [0.5, 0.6) is 0 Å². The molecular formula is C17H21NS2. The van der Waals surface area contributed by atoms with E-state index in [2.05, 4.69) is 59.7 Å². The summed E-state index contributed by atoms with van der Waals surface area (Å²) in [5.74, 6) is 0. The predicted molar refractivity (Wildman–Crippen MR) is 90.9 cm³/mol. The third kappa shape index (κ3) is 3.58. The van der Waals surface area contributed by atoms with E-state index < -0.39 is 0 Å². The first-order valence-corrected chi connectivity index (χ1v) is 9.11. The number of nitrogens with one attached hydrogen (secondary N) is 1. The molecule has 0 radical (unpaired) electrons. The van der Waals surface area contributed by atoms with Gasteiger partial charge in [-0.3, -0.25) is 0 Å². The van der Waals surface area contributed by atoms with Crippen LogP contribution >= 0.6 is 23.1 Å². The molecule has 1 fully saturated rings. The molecule has 1 aromatic carbocycles. The number of anilines is 1. The second-order valence-electron chi connectivity index (χ2n) is 5.43. The van der Waals surface area contributed by atoms with Crippen LogP contribution in [0.1, 0.15) is 36.1 Å². The van der Waals surface area contributed by atoms with Crippen molar-refractivity contribution < 1.29 is 0 Å². The van der Waals surface area contributed by atoms with Crippen molar-refractivity contribution in [3.05, 3.63) is 46.2 Å². The van der Waals surface area contributed by atoms with Gasteiger partial charge in [-0.05, 0) is 61.0 Å². The summed E-state index contributed by atoms with van der Waals surface area (Å²) in [6.07, 6.45) is 5.61. The molecule has 106 valence electrons. The van der Waals surface area contributed by atoms with E-state index in [1.54, 1.807) is 0 Å². The highest BCUT2D eigenvalue weighted by molar-refractivity contribution is 8.00. The third-order valence-electron chi connectivity index (χ3n) is 3.88. The molecule has 3 rings (SSSR count). The second kappa shape index (κ2) is 6.68. The number of thiophene rings is 1. The van der Waals surface area contributed by atoms with Crippen LogP contribution in [0.2, 0.25) is 0 Å². The molecule has 1 aliphatic rings. The van der Waals surface area contributed by atoms with Crippen LogP contribution in [0, 0.1) is 6.92 Å². The Kier molecular flexibility index (Phi) is 4.69. The summed E-state index contributed by atoms with van der Waals surface area (Å²) < 4.78 is 0. The maximum absolute atomic E-state index is 3.51. The second-order valence-corrected chi connectivity index (χ2v) is 7.80. The molecule has 0 bridgehead atoms. The number of hydrogen-bond acceptors (Lipinski definition) is 3. The largest absolute Gasteiger partial charge is 0.380 e. The van der Waals surface area contributed by atoms with E-state index in [4.69, 9.17) is 0 Å². The molecule has 0 atom stereocenters. The summed E-state index contributed by atoms with van der Waals surface area (Å²) in [6, 6.07) is 11.1. The minimum absolute atomic E-state index is 0.850. The summed E-state index contributed by atoms with van der Waals surface area (Å²) in [5, 5.41) is 6.52. The molecule has 1 aliphatic carbocycles. The van der Waals surface area contributed by atoms with Gasteiger partial charge in [-0.15, -0.1) is 23.1 Å². The Morgan fingerprint density at radius 1 is 1.15 bits per heavy atom. The van der Waals surface area contributed by atoms with Crippen molar-refractivity contribution in [1.82, 2.24) is 0 Å². The quantitative estimate of drug-likeness (QED) is 0.760. The Labute approximate surface area is 129 Å². The number of benzene rings is 1. The molecule has 1 nitrogen and oxygen atoms in total. The monoisotopic (exact) mass is 303 g/mol. The first-order chi connectivity index (χ1) is 9.81. The summed E-state index contributed by atoms with van der Waals surface area (Å²) in [4.78, 5) is 2.84. The van der Waals surface area contributed by atoms with E-state index in [1.807, 2.05) is 11.3 Å². The average Bonchev–Trinajstić information content (AvgIpc) is 3.10. The van der Waals surface area contributed by atoms with Crippen molar-refractivity contribution in [1.29, 1.82) is 0 Å². The number of rotatable bonds is 5. The van der Waals surface area contributed by atoms with E-state index in [0.717, 1.165) is 11.8 Å². The normalized spacial score (nSPS) is 15.7. The van der Waals surface area contributed by atoms with Gasteiger partial charge in [0.1, 0.15) is 0 Å². The summed E-state index contributed by atoms with van der Waals surface area (Å²) in [7, 11) is 0. The molecule has 0 unspecified atom stereocenters. The van der Waals surface area contributed by atoms with Gasteiger partial charge in [0.05, 0.1) is 0 Å². The van der Waals surface area contributed by atoms with Gasteiger partial charge >= 0.3 is 0 Å². The Morgan fingerprint density at radius 2 is 1.90 bits per heavy atom. The zero-order valence-corrected chi connectivity index (χ0v) is 13.5. The van der Waals surface area contributed by atoms with Gasteiger partial charge in [0, 0.05) is 27.3 Å². The topological polar surface area (TPSA) is 12.0 Å². The van der Waals surface area contributed by atoms with Crippen molar-refractivity contribution in [2.24, 2.45) is 0 Å². The van der Waals surface area contributed by atoms with E-state index in [0.29, 0.717) is 0 Å². The zero-order chi connectivity index (χ0) is 13.8. The van der Waals surface area contributed by atoms with Gasteiger partial charge in [-0.25, -0.2) is 0 Å². The number of hydrogen-bond donors (Lipinski definition) is 1. The minimum Gasteiger partial charge on any atom is -0.380 e. The molecule has 0 aliphatic heterocycles. The molecule has 3 heteroatoms. The maximum Gasteiger partial charge on any atom is 0.0496 e.